The van der Waals surface area contributed by atoms with Gasteiger partial charge in [0.2, 0.25) is 0 Å². The molecule has 0 aromatic heterocycles. The molecule has 16 heavy (non-hydrogen) atoms. The molecule has 1 nitrogen and oxygen atoms in total. The molecule has 1 aromatic carbocycles. The van der Waals surface area contributed by atoms with Gasteiger partial charge in [-0.15, -0.1) is 0 Å². The molecule has 90 valence electrons. The van der Waals surface area contributed by atoms with E-state index in [0.717, 1.165) is 10.0 Å². The standard InChI is InChI=1S/C13H18BrFO/c1-4-13(16,9(2)3)8-10-5-6-11(15)7-12(10)14/h5-7,9,16H,4,8H2,1-3H3. The van der Waals surface area contributed by atoms with Crippen molar-refractivity contribution in [3.05, 3.63) is 34.1 Å². The van der Waals surface area contributed by atoms with Gasteiger partial charge in [0.05, 0.1) is 5.60 Å². The van der Waals surface area contributed by atoms with Crippen LogP contribution in [0.15, 0.2) is 22.7 Å². The van der Waals surface area contributed by atoms with Crippen molar-refractivity contribution in [3.63, 3.8) is 0 Å². The predicted octanol–water partition coefficient (Wildman–Crippen LogP) is 3.93. The highest BCUT2D eigenvalue weighted by atomic mass is 79.9. The Bertz CT molecular complexity index is 365. The zero-order valence-corrected chi connectivity index (χ0v) is 11.5. The highest BCUT2D eigenvalue weighted by molar-refractivity contribution is 9.10. The molecule has 0 radical (unpaired) electrons. The minimum atomic E-state index is -0.722. The number of benzene rings is 1. The Hall–Kier alpha value is -0.410. The lowest BCUT2D eigenvalue weighted by atomic mass is 9.82. The first-order chi connectivity index (χ1) is 7.39. The summed E-state index contributed by atoms with van der Waals surface area (Å²) in [7, 11) is 0. The molecule has 0 saturated carbocycles. The third-order valence-electron chi connectivity index (χ3n) is 3.20. The third kappa shape index (κ3) is 3.05. The van der Waals surface area contributed by atoms with Crippen LogP contribution in [0.2, 0.25) is 0 Å². The van der Waals surface area contributed by atoms with Crippen molar-refractivity contribution < 1.29 is 9.50 Å². The van der Waals surface area contributed by atoms with Gasteiger partial charge in [0.1, 0.15) is 5.82 Å². The zero-order valence-electron chi connectivity index (χ0n) is 9.93. The van der Waals surface area contributed by atoms with E-state index >= 15 is 0 Å². The molecule has 0 aliphatic rings. The van der Waals surface area contributed by atoms with Crippen LogP contribution in [0.5, 0.6) is 0 Å². The van der Waals surface area contributed by atoms with Crippen LogP contribution in [0, 0.1) is 11.7 Å². The van der Waals surface area contributed by atoms with E-state index < -0.39 is 5.60 Å². The van der Waals surface area contributed by atoms with E-state index in [0.29, 0.717) is 12.8 Å². The molecule has 0 spiro atoms. The summed E-state index contributed by atoms with van der Waals surface area (Å²) in [6.45, 7) is 5.97. The average molecular weight is 289 g/mol. The second kappa shape index (κ2) is 5.28. The van der Waals surface area contributed by atoms with Crippen LogP contribution >= 0.6 is 15.9 Å². The van der Waals surface area contributed by atoms with Crippen LogP contribution in [0.4, 0.5) is 4.39 Å². The van der Waals surface area contributed by atoms with E-state index in [4.69, 9.17) is 0 Å². The maximum Gasteiger partial charge on any atom is 0.124 e. The molecule has 0 fully saturated rings. The summed E-state index contributed by atoms with van der Waals surface area (Å²) in [5.74, 6) is -0.0883. The van der Waals surface area contributed by atoms with Crippen LogP contribution in [-0.2, 0) is 6.42 Å². The monoisotopic (exact) mass is 288 g/mol. The van der Waals surface area contributed by atoms with E-state index in [1.165, 1.54) is 12.1 Å². The van der Waals surface area contributed by atoms with Gasteiger partial charge in [-0.3, -0.25) is 0 Å². The highest BCUT2D eigenvalue weighted by Crippen LogP contribution is 2.29. The van der Waals surface area contributed by atoms with Gasteiger partial charge in [-0.25, -0.2) is 4.39 Å². The minimum Gasteiger partial charge on any atom is -0.389 e. The van der Waals surface area contributed by atoms with Crippen molar-refractivity contribution in [1.29, 1.82) is 0 Å². The second-order valence-corrected chi connectivity index (χ2v) is 5.38. The van der Waals surface area contributed by atoms with Gasteiger partial charge in [-0.2, -0.15) is 0 Å². The number of aliphatic hydroxyl groups is 1. The Morgan fingerprint density at radius 1 is 1.44 bits per heavy atom. The molecular formula is C13H18BrFO. The zero-order chi connectivity index (χ0) is 12.3. The molecule has 3 heteroatoms. The third-order valence-corrected chi connectivity index (χ3v) is 3.94. The molecule has 0 aliphatic heterocycles. The van der Waals surface area contributed by atoms with E-state index in [9.17, 15) is 9.50 Å². The normalized spacial score (nSPS) is 15.2. The van der Waals surface area contributed by atoms with Crippen molar-refractivity contribution in [2.45, 2.75) is 39.2 Å². The van der Waals surface area contributed by atoms with Gasteiger partial charge in [0, 0.05) is 10.9 Å². The average Bonchev–Trinajstić information content (AvgIpc) is 2.22. The first kappa shape index (κ1) is 13.7. The van der Waals surface area contributed by atoms with Gasteiger partial charge in [0.25, 0.3) is 0 Å². The van der Waals surface area contributed by atoms with E-state index in [1.54, 1.807) is 6.07 Å². The molecular weight excluding hydrogens is 271 g/mol. The van der Waals surface area contributed by atoms with Gasteiger partial charge in [0.15, 0.2) is 0 Å². The van der Waals surface area contributed by atoms with Crippen LogP contribution in [0.25, 0.3) is 0 Å². The maximum absolute atomic E-state index is 12.9. The Balaban J connectivity index is 2.95. The molecule has 1 aromatic rings. The van der Waals surface area contributed by atoms with E-state index in [1.807, 2.05) is 20.8 Å². The van der Waals surface area contributed by atoms with Crippen molar-refractivity contribution in [2.24, 2.45) is 5.92 Å². The summed E-state index contributed by atoms with van der Waals surface area (Å²) in [5.41, 5.74) is 0.222. The molecule has 0 amide bonds. The lowest BCUT2D eigenvalue weighted by molar-refractivity contribution is -0.00843. The summed E-state index contributed by atoms with van der Waals surface area (Å²) < 4.78 is 13.7. The quantitative estimate of drug-likeness (QED) is 0.890. The van der Waals surface area contributed by atoms with Gasteiger partial charge in [-0.05, 0) is 30.0 Å². The number of hydrogen-bond acceptors (Lipinski definition) is 1. The molecule has 1 unspecified atom stereocenters. The van der Waals surface area contributed by atoms with Crippen molar-refractivity contribution in [2.75, 3.05) is 0 Å². The van der Waals surface area contributed by atoms with Crippen LogP contribution < -0.4 is 0 Å². The minimum absolute atomic E-state index is 0.175. The predicted molar refractivity (Wildman–Crippen MR) is 67.9 cm³/mol. The Morgan fingerprint density at radius 3 is 2.50 bits per heavy atom. The summed E-state index contributed by atoms with van der Waals surface area (Å²) in [6.07, 6.45) is 1.23. The van der Waals surface area contributed by atoms with Gasteiger partial charge < -0.3 is 5.11 Å². The second-order valence-electron chi connectivity index (χ2n) is 4.52. The Labute approximate surface area is 105 Å². The molecule has 0 saturated heterocycles. The fraction of sp³-hybridized carbons (Fsp3) is 0.538. The first-order valence-corrected chi connectivity index (χ1v) is 6.34. The molecule has 1 N–H and O–H groups in total. The lowest BCUT2D eigenvalue weighted by Gasteiger charge is -2.31. The Kier molecular flexibility index (Phi) is 4.51. The molecule has 0 bridgehead atoms. The highest BCUT2D eigenvalue weighted by Gasteiger charge is 2.29. The summed E-state index contributed by atoms with van der Waals surface area (Å²) in [4.78, 5) is 0. The van der Waals surface area contributed by atoms with Crippen molar-refractivity contribution in [3.8, 4) is 0 Å². The summed E-state index contributed by atoms with van der Waals surface area (Å²) in [6, 6.07) is 4.59. The largest absolute Gasteiger partial charge is 0.389 e. The smallest absolute Gasteiger partial charge is 0.124 e. The Morgan fingerprint density at radius 2 is 2.06 bits per heavy atom. The van der Waals surface area contributed by atoms with Crippen LogP contribution in [0.1, 0.15) is 32.8 Å². The summed E-state index contributed by atoms with van der Waals surface area (Å²) in [5, 5.41) is 10.4. The van der Waals surface area contributed by atoms with Crippen LogP contribution in [-0.4, -0.2) is 10.7 Å². The number of rotatable bonds is 4. The lowest BCUT2D eigenvalue weighted by Crippen LogP contribution is -2.36. The maximum atomic E-state index is 12.9. The molecule has 0 heterocycles. The number of halogens is 2. The van der Waals surface area contributed by atoms with E-state index in [-0.39, 0.29) is 11.7 Å². The van der Waals surface area contributed by atoms with Crippen molar-refractivity contribution in [1.82, 2.24) is 0 Å². The fourth-order valence-corrected chi connectivity index (χ4v) is 2.22. The topological polar surface area (TPSA) is 20.2 Å². The first-order valence-electron chi connectivity index (χ1n) is 5.55. The summed E-state index contributed by atoms with van der Waals surface area (Å²) >= 11 is 3.33. The number of hydrogen-bond donors (Lipinski definition) is 1. The molecule has 0 aliphatic carbocycles. The van der Waals surface area contributed by atoms with Crippen molar-refractivity contribution >= 4 is 15.9 Å². The van der Waals surface area contributed by atoms with Crippen LogP contribution in [0.3, 0.4) is 0 Å². The SMILES string of the molecule is CCC(O)(Cc1ccc(F)cc1Br)C(C)C. The molecule has 1 atom stereocenters. The van der Waals surface area contributed by atoms with Gasteiger partial charge >= 0.3 is 0 Å². The van der Waals surface area contributed by atoms with E-state index in [2.05, 4.69) is 15.9 Å². The molecule has 1 rings (SSSR count). The fourth-order valence-electron chi connectivity index (χ4n) is 1.73. The van der Waals surface area contributed by atoms with Gasteiger partial charge in [-0.1, -0.05) is 42.8 Å².